The van der Waals surface area contributed by atoms with Crippen LogP contribution in [0.25, 0.3) is 10.6 Å². The molecule has 2 atom stereocenters. The number of aliphatic imine (C=N–C) groups is 1. The normalized spacial score (nSPS) is 19.1. The number of hydrogen-bond donors (Lipinski definition) is 3. The number of aryl methyl sites for hydroxylation is 2. The predicted molar refractivity (Wildman–Crippen MR) is 146 cm³/mol. The van der Waals surface area contributed by atoms with Crippen LogP contribution in [-0.2, 0) is 19.3 Å². The molecule has 3 aromatic rings. The zero-order valence-corrected chi connectivity index (χ0v) is 21.9. The largest absolute Gasteiger partial charge is 0.396 e. The van der Waals surface area contributed by atoms with Crippen LogP contribution in [0.2, 0.25) is 0 Å². The summed E-state index contributed by atoms with van der Waals surface area (Å²) in [5, 5.41) is 19.8. The number of anilines is 2. The second-order valence-electron chi connectivity index (χ2n) is 9.15. The highest BCUT2D eigenvalue weighted by Gasteiger charge is 2.27. The van der Waals surface area contributed by atoms with Crippen LogP contribution in [-0.4, -0.2) is 45.5 Å². The predicted octanol–water partition coefficient (Wildman–Crippen LogP) is 5.25. The van der Waals surface area contributed by atoms with E-state index < -0.39 is 0 Å². The van der Waals surface area contributed by atoms with Crippen LogP contribution in [0.15, 0.2) is 28.7 Å². The van der Waals surface area contributed by atoms with Gasteiger partial charge >= 0.3 is 0 Å². The average molecular weight is 509 g/mol. The van der Waals surface area contributed by atoms with Crippen molar-refractivity contribution >= 4 is 40.7 Å². The summed E-state index contributed by atoms with van der Waals surface area (Å²) < 4.78 is 0. The molecule has 184 valence electrons. The minimum Gasteiger partial charge on any atom is -0.396 e. The molecule has 0 aromatic carbocycles. The van der Waals surface area contributed by atoms with Gasteiger partial charge in [-0.15, -0.1) is 22.7 Å². The molecule has 3 N–H and O–H groups in total. The van der Waals surface area contributed by atoms with E-state index in [4.69, 9.17) is 15.0 Å². The van der Waals surface area contributed by atoms with Crippen LogP contribution in [0.5, 0.6) is 0 Å². The standard InChI is InChI=1S/C26H32N6OS2/c1-3-18-9-12-34-21(18)8-11-28-26-29-16(2)23(24(32-26)30-19-7-6-17(13-19)15-33)25-31-20-14-27-10-4-5-22(20)35-25/h4,9-10,12,14,17,19,33H,3,5-8,11,13,15H2,1-2H3,(H2,28,29,30,32)/t17-,19+/m1/s1. The average Bonchev–Trinajstić information content (AvgIpc) is 3.56. The molecule has 1 saturated carbocycles. The van der Waals surface area contributed by atoms with E-state index in [1.165, 1.54) is 15.3 Å². The lowest BCUT2D eigenvalue weighted by Crippen LogP contribution is -2.19. The fourth-order valence-electron chi connectivity index (χ4n) is 4.82. The first-order valence-corrected chi connectivity index (χ1v) is 14.1. The summed E-state index contributed by atoms with van der Waals surface area (Å²) in [4.78, 5) is 21.6. The molecule has 0 spiro atoms. The minimum absolute atomic E-state index is 0.245. The monoisotopic (exact) mass is 508 g/mol. The van der Waals surface area contributed by atoms with E-state index in [9.17, 15) is 5.11 Å². The molecule has 1 aliphatic heterocycles. The Balaban J connectivity index is 1.41. The number of fused-ring (bicyclic) bond motifs is 1. The number of nitrogens with one attached hydrogen (secondary N) is 2. The third-order valence-electron chi connectivity index (χ3n) is 6.72. The molecule has 0 amide bonds. The lowest BCUT2D eigenvalue weighted by atomic mass is 10.1. The fraction of sp³-hybridized carbons (Fsp3) is 0.462. The maximum absolute atomic E-state index is 9.61. The lowest BCUT2D eigenvalue weighted by molar-refractivity contribution is 0.229. The SMILES string of the molecule is CCc1ccsc1CCNc1nc(C)c(-c2nc3c(s2)CC=CN=C3)c(N[C@H]2CC[C@@H](CO)C2)n1. The van der Waals surface area contributed by atoms with Crippen LogP contribution in [0, 0.1) is 12.8 Å². The summed E-state index contributed by atoms with van der Waals surface area (Å²) in [6, 6.07) is 2.50. The second kappa shape index (κ2) is 11.0. The first-order valence-electron chi connectivity index (χ1n) is 12.4. The Morgan fingerprint density at radius 1 is 1.20 bits per heavy atom. The van der Waals surface area contributed by atoms with Gasteiger partial charge in [0.2, 0.25) is 5.95 Å². The number of nitrogens with zero attached hydrogens (tertiary/aromatic N) is 4. The van der Waals surface area contributed by atoms with E-state index >= 15 is 0 Å². The summed E-state index contributed by atoms with van der Waals surface area (Å²) >= 11 is 3.50. The maximum Gasteiger partial charge on any atom is 0.224 e. The highest BCUT2D eigenvalue weighted by Crippen LogP contribution is 2.37. The number of aliphatic hydroxyl groups is 1. The summed E-state index contributed by atoms with van der Waals surface area (Å²) in [6.07, 6.45) is 11.6. The van der Waals surface area contributed by atoms with Gasteiger partial charge in [-0.1, -0.05) is 13.0 Å². The van der Waals surface area contributed by atoms with Crippen molar-refractivity contribution in [3.8, 4) is 10.6 Å². The smallest absolute Gasteiger partial charge is 0.224 e. The number of aromatic nitrogens is 3. The lowest BCUT2D eigenvalue weighted by Gasteiger charge is -2.18. The van der Waals surface area contributed by atoms with E-state index in [1.54, 1.807) is 11.3 Å². The molecule has 2 aliphatic rings. The van der Waals surface area contributed by atoms with Gasteiger partial charge in [-0.2, -0.15) is 4.98 Å². The van der Waals surface area contributed by atoms with Crippen molar-refractivity contribution in [3.05, 3.63) is 50.4 Å². The van der Waals surface area contributed by atoms with Crippen molar-refractivity contribution in [2.75, 3.05) is 23.8 Å². The van der Waals surface area contributed by atoms with Gasteiger partial charge in [-0.25, -0.2) is 9.97 Å². The molecule has 0 radical (unpaired) electrons. The van der Waals surface area contributed by atoms with E-state index in [1.807, 2.05) is 30.7 Å². The Morgan fingerprint density at radius 2 is 2.11 bits per heavy atom. The molecule has 3 aromatic heterocycles. The topological polar surface area (TPSA) is 95.3 Å². The van der Waals surface area contributed by atoms with Crippen molar-refractivity contribution in [2.45, 2.75) is 58.4 Å². The first kappa shape index (κ1) is 24.1. The number of allylic oxidation sites excluding steroid dienone is 1. The zero-order chi connectivity index (χ0) is 24.2. The Morgan fingerprint density at radius 3 is 2.94 bits per heavy atom. The van der Waals surface area contributed by atoms with Crippen molar-refractivity contribution in [1.29, 1.82) is 0 Å². The number of rotatable bonds is 9. The van der Waals surface area contributed by atoms with E-state index in [2.05, 4.69) is 40.1 Å². The molecule has 7 nitrogen and oxygen atoms in total. The van der Waals surface area contributed by atoms with Gasteiger partial charge in [0.1, 0.15) is 10.8 Å². The molecular formula is C26H32N6OS2. The first-order chi connectivity index (χ1) is 17.1. The molecule has 4 heterocycles. The highest BCUT2D eigenvalue weighted by molar-refractivity contribution is 7.15. The molecule has 35 heavy (non-hydrogen) atoms. The van der Waals surface area contributed by atoms with Crippen molar-refractivity contribution < 1.29 is 5.11 Å². The Hall–Kier alpha value is -2.62. The Labute approximate surface area is 214 Å². The minimum atomic E-state index is 0.245. The number of thiophene rings is 1. The van der Waals surface area contributed by atoms with Crippen molar-refractivity contribution in [2.24, 2.45) is 10.9 Å². The van der Waals surface area contributed by atoms with Gasteiger partial charge in [0.15, 0.2) is 0 Å². The molecule has 0 unspecified atom stereocenters. The number of aliphatic hydroxyl groups excluding tert-OH is 1. The Kier molecular flexibility index (Phi) is 7.55. The third-order valence-corrected chi connectivity index (χ3v) is 8.85. The summed E-state index contributed by atoms with van der Waals surface area (Å²) in [7, 11) is 0. The highest BCUT2D eigenvalue weighted by atomic mass is 32.1. The molecule has 1 aliphatic carbocycles. The van der Waals surface area contributed by atoms with Crippen LogP contribution in [0.3, 0.4) is 0 Å². The number of thiazole rings is 1. The van der Waals surface area contributed by atoms with Crippen LogP contribution in [0.4, 0.5) is 11.8 Å². The molecular weight excluding hydrogens is 476 g/mol. The summed E-state index contributed by atoms with van der Waals surface area (Å²) in [5.74, 6) is 1.82. The van der Waals surface area contributed by atoms with Gasteiger partial charge in [0.25, 0.3) is 0 Å². The quantitative estimate of drug-likeness (QED) is 0.365. The van der Waals surface area contributed by atoms with Gasteiger partial charge in [0.05, 0.1) is 23.2 Å². The molecule has 1 fully saturated rings. The van der Waals surface area contributed by atoms with Crippen LogP contribution in [0.1, 0.15) is 52.9 Å². The maximum atomic E-state index is 9.61. The fourth-order valence-corrected chi connectivity index (χ4v) is 6.91. The van der Waals surface area contributed by atoms with Crippen molar-refractivity contribution in [1.82, 2.24) is 15.0 Å². The molecule has 0 bridgehead atoms. The van der Waals surface area contributed by atoms with Crippen LogP contribution >= 0.6 is 22.7 Å². The van der Waals surface area contributed by atoms with Gasteiger partial charge in [0, 0.05) is 41.6 Å². The second-order valence-corrected chi connectivity index (χ2v) is 11.2. The zero-order valence-electron chi connectivity index (χ0n) is 20.3. The summed E-state index contributed by atoms with van der Waals surface area (Å²) in [5.41, 5.74) is 4.22. The molecule has 0 saturated heterocycles. The van der Waals surface area contributed by atoms with Gasteiger partial charge < -0.3 is 15.7 Å². The molecule has 9 heteroatoms. The van der Waals surface area contributed by atoms with E-state index in [0.29, 0.717) is 11.9 Å². The van der Waals surface area contributed by atoms with Gasteiger partial charge in [-0.3, -0.25) is 4.99 Å². The van der Waals surface area contributed by atoms with Crippen LogP contribution < -0.4 is 10.6 Å². The third kappa shape index (κ3) is 5.47. The van der Waals surface area contributed by atoms with Gasteiger partial charge in [-0.05, 0) is 62.0 Å². The summed E-state index contributed by atoms with van der Waals surface area (Å²) in [6.45, 7) is 5.27. The number of hydrogen-bond acceptors (Lipinski definition) is 9. The van der Waals surface area contributed by atoms with Crippen molar-refractivity contribution in [3.63, 3.8) is 0 Å². The Bertz CT molecular complexity index is 1230. The molecule has 5 rings (SSSR count). The van der Waals surface area contributed by atoms with E-state index in [0.717, 1.165) is 72.8 Å². The van der Waals surface area contributed by atoms with E-state index in [-0.39, 0.29) is 12.6 Å².